The van der Waals surface area contributed by atoms with Crippen molar-refractivity contribution in [2.45, 2.75) is 18.9 Å². The number of rotatable bonds is 1. The Bertz CT molecular complexity index is 526. The molecule has 1 aromatic carbocycles. The van der Waals surface area contributed by atoms with Crippen LogP contribution < -0.4 is 5.32 Å². The summed E-state index contributed by atoms with van der Waals surface area (Å²) in [5.41, 5.74) is 2.39. The van der Waals surface area contributed by atoms with Crippen molar-refractivity contribution in [2.75, 3.05) is 6.54 Å². The zero-order valence-corrected chi connectivity index (χ0v) is 9.96. The Kier molecular flexibility index (Phi) is 2.37. The molecule has 1 atom stereocenters. The molecule has 1 N–H and O–H groups in total. The number of hydrogen-bond donors (Lipinski definition) is 1. The first-order valence-corrected chi connectivity index (χ1v) is 5.99. The van der Waals surface area contributed by atoms with Gasteiger partial charge < -0.3 is 5.32 Å². The van der Waals surface area contributed by atoms with Crippen LogP contribution >= 0.6 is 11.6 Å². The Balaban J connectivity index is 2.23. The molecule has 1 fully saturated rings. The molecule has 1 aliphatic heterocycles. The smallest absolute Gasteiger partial charge is 0.159 e. The summed E-state index contributed by atoms with van der Waals surface area (Å²) in [6, 6.07) is 6.73. The number of nitrogens with one attached hydrogen (secondary N) is 1. The molecule has 2 aromatic rings. The molecule has 3 rings (SSSR count). The van der Waals surface area contributed by atoms with E-state index in [1.165, 1.54) is 18.4 Å². The molecule has 84 valence electrons. The molecule has 0 spiro atoms. The number of halogens is 1. The van der Waals surface area contributed by atoms with Gasteiger partial charge >= 0.3 is 0 Å². The van der Waals surface area contributed by atoms with Crippen LogP contribution in [0.4, 0.5) is 0 Å². The van der Waals surface area contributed by atoms with Crippen molar-refractivity contribution in [3.63, 3.8) is 0 Å². The van der Waals surface area contributed by atoms with Crippen molar-refractivity contribution < 1.29 is 0 Å². The van der Waals surface area contributed by atoms with Gasteiger partial charge in [-0.3, -0.25) is 4.68 Å². The van der Waals surface area contributed by atoms with Gasteiger partial charge in [-0.15, -0.1) is 0 Å². The van der Waals surface area contributed by atoms with Crippen LogP contribution in [0.3, 0.4) is 0 Å². The molecule has 3 nitrogen and oxygen atoms in total. The maximum absolute atomic E-state index is 6.20. The van der Waals surface area contributed by atoms with Crippen LogP contribution in [-0.4, -0.2) is 16.3 Å². The predicted octanol–water partition coefficient (Wildman–Crippen LogP) is 2.65. The molecule has 0 radical (unpaired) electrons. The third kappa shape index (κ3) is 1.43. The van der Waals surface area contributed by atoms with E-state index in [1.54, 1.807) is 0 Å². The molecule has 0 bridgehead atoms. The topological polar surface area (TPSA) is 29.9 Å². The van der Waals surface area contributed by atoms with Crippen LogP contribution in [0.25, 0.3) is 10.9 Å². The van der Waals surface area contributed by atoms with Gasteiger partial charge in [0, 0.05) is 18.5 Å². The first kappa shape index (κ1) is 10.1. The van der Waals surface area contributed by atoms with E-state index < -0.39 is 0 Å². The van der Waals surface area contributed by atoms with E-state index in [0.29, 0.717) is 11.2 Å². The molecule has 1 saturated heterocycles. The van der Waals surface area contributed by atoms with Crippen LogP contribution in [0.2, 0.25) is 5.15 Å². The van der Waals surface area contributed by atoms with Gasteiger partial charge in [-0.1, -0.05) is 23.7 Å². The molecule has 2 heterocycles. The Hall–Kier alpha value is -1.06. The number of hydrogen-bond acceptors (Lipinski definition) is 2. The van der Waals surface area contributed by atoms with Crippen molar-refractivity contribution in [1.29, 1.82) is 0 Å². The fourth-order valence-corrected chi connectivity index (χ4v) is 2.85. The highest BCUT2D eigenvalue weighted by Crippen LogP contribution is 2.33. The van der Waals surface area contributed by atoms with Gasteiger partial charge in [0.05, 0.1) is 5.52 Å². The predicted molar refractivity (Wildman–Crippen MR) is 65.7 cm³/mol. The van der Waals surface area contributed by atoms with Crippen LogP contribution in [0, 0.1) is 0 Å². The van der Waals surface area contributed by atoms with Gasteiger partial charge in [0.15, 0.2) is 5.15 Å². The van der Waals surface area contributed by atoms with Crippen LogP contribution in [-0.2, 0) is 7.05 Å². The maximum Gasteiger partial charge on any atom is 0.159 e. The number of aromatic nitrogens is 2. The lowest BCUT2D eigenvalue weighted by Gasteiger charge is -2.11. The van der Waals surface area contributed by atoms with Crippen molar-refractivity contribution in [3.05, 3.63) is 28.9 Å². The molecule has 0 aliphatic carbocycles. The Morgan fingerprint density at radius 2 is 2.38 bits per heavy atom. The zero-order chi connectivity index (χ0) is 11.1. The summed E-state index contributed by atoms with van der Waals surface area (Å²) in [5.74, 6) is 0. The van der Waals surface area contributed by atoms with E-state index in [2.05, 4.69) is 28.6 Å². The Morgan fingerprint density at radius 3 is 3.12 bits per heavy atom. The van der Waals surface area contributed by atoms with Crippen molar-refractivity contribution >= 4 is 22.5 Å². The quantitative estimate of drug-likeness (QED) is 0.824. The minimum Gasteiger partial charge on any atom is -0.310 e. The number of aryl methyl sites for hydroxylation is 1. The lowest BCUT2D eigenvalue weighted by atomic mass is 10.0. The van der Waals surface area contributed by atoms with Gasteiger partial charge in [0.2, 0.25) is 0 Å². The lowest BCUT2D eigenvalue weighted by molar-refractivity contribution is 0.653. The highest BCUT2D eigenvalue weighted by atomic mass is 35.5. The highest BCUT2D eigenvalue weighted by Gasteiger charge is 2.21. The van der Waals surface area contributed by atoms with Crippen molar-refractivity contribution in [3.8, 4) is 0 Å². The van der Waals surface area contributed by atoms with E-state index in [9.17, 15) is 0 Å². The normalized spacial score (nSPS) is 20.8. The van der Waals surface area contributed by atoms with Crippen molar-refractivity contribution in [2.24, 2.45) is 7.05 Å². The minimum absolute atomic E-state index is 0.436. The molecule has 1 aromatic heterocycles. The van der Waals surface area contributed by atoms with E-state index in [-0.39, 0.29) is 0 Å². The average Bonchev–Trinajstić information content (AvgIpc) is 2.88. The lowest BCUT2D eigenvalue weighted by Crippen LogP contribution is -2.13. The standard InChI is InChI=1S/C12H14ClN3/c1-16-10-6-2-4-8(9-5-3-7-14-9)11(10)12(13)15-16/h2,4,6,9,14H,3,5,7H2,1H3. The Morgan fingerprint density at radius 1 is 1.50 bits per heavy atom. The van der Waals surface area contributed by atoms with Gasteiger partial charge in [-0.2, -0.15) is 5.10 Å². The van der Waals surface area contributed by atoms with Crippen LogP contribution in [0.5, 0.6) is 0 Å². The molecule has 0 amide bonds. The summed E-state index contributed by atoms with van der Waals surface area (Å²) < 4.78 is 1.84. The molecule has 0 saturated carbocycles. The SMILES string of the molecule is Cn1nc(Cl)c2c(C3CCCN3)cccc21. The summed E-state index contributed by atoms with van der Waals surface area (Å²) in [6.07, 6.45) is 2.42. The number of fused-ring (bicyclic) bond motifs is 1. The average molecular weight is 236 g/mol. The van der Waals surface area contributed by atoms with E-state index >= 15 is 0 Å². The first-order chi connectivity index (χ1) is 7.77. The fraction of sp³-hybridized carbons (Fsp3) is 0.417. The second kappa shape index (κ2) is 3.75. The highest BCUT2D eigenvalue weighted by molar-refractivity contribution is 6.34. The second-order valence-electron chi connectivity index (χ2n) is 4.30. The van der Waals surface area contributed by atoms with Gasteiger partial charge in [-0.25, -0.2) is 0 Å². The number of nitrogens with zero attached hydrogens (tertiary/aromatic N) is 2. The zero-order valence-electron chi connectivity index (χ0n) is 9.20. The molecule has 1 unspecified atom stereocenters. The van der Waals surface area contributed by atoms with Gasteiger partial charge in [0.25, 0.3) is 0 Å². The van der Waals surface area contributed by atoms with Crippen LogP contribution in [0.15, 0.2) is 18.2 Å². The van der Waals surface area contributed by atoms with E-state index in [4.69, 9.17) is 11.6 Å². The molecule has 16 heavy (non-hydrogen) atoms. The third-order valence-electron chi connectivity index (χ3n) is 3.30. The summed E-state index contributed by atoms with van der Waals surface area (Å²) >= 11 is 6.20. The fourth-order valence-electron chi connectivity index (χ4n) is 2.53. The molecular weight excluding hydrogens is 222 g/mol. The Labute approximate surface area is 99.4 Å². The minimum atomic E-state index is 0.436. The first-order valence-electron chi connectivity index (χ1n) is 5.62. The monoisotopic (exact) mass is 235 g/mol. The number of benzene rings is 1. The van der Waals surface area contributed by atoms with Crippen molar-refractivity contribution in [1.82, 2.24) is 15.1 Å². The summed E-state index contributed by atoms with van der Waals surface area (Å²) in [6.45, 7) is 1.10. The molecule has 1 aliphatic rings. The van der Waals surface area contributed by atoms with E-state index in [1.807, 2.05) is 11.7 Å². The molecule has 4 heteroatoms. The van der Waals surface area contributed by atoms with Gasteiger partial charge in [0.1, 0.15) is 0 Å². The maximum atomic E-state index is 6.20. The largest absolute Gasteiger partial charge is 0.310 e. The summed E-state index contributed by atoms with van der Waals surface area (Å²) in [5, 5.41) is 9.50. The summed E-state index contributed by atoms with van der Waals surface area (Å²) in [7, 11) is 1.93. The molecular formula is C12H14ClN3. The van der Waals surface area contributed by atoms with E-state index in [0.717, 1.165) is 17.4 Å². The second-order valence-corrected chi connectivity index (χ2v) is 4.66. The van der Waals surface area contributed by atoms with Gasteiger partial charge in [-0.05, 0) is 31.0 Å². The summed E-state index contributed by atoms with van der Waals surface area (Å²) in [4.78, 5) is 0. The van der Waals surface area contributed by atoms with Crippen LogP contribution in [0.1, 0.15) is 24.4 Å². The third-order valence-corrected chi connectivity index (χ3v) is 3.57.